The number of anilines is 1. The standard InChI is InChI=1S/C26H17N3O4S2/c30-17-12-10-16(11-13-17)21-20-22(31)18-8-4-5-9-19(18)33-23(20)24(32)29(21)25-27-28-26(35-25)34-14-15-6-2-1-3-7-15/h1-13,21,30H,14H2. The average molecular weight is 500 g/mol. The minimum atomic E-state index is -0.751. The molecule has 1 atom stereocenters. The molecule has 0 saturated heterocycles. The van der Waals surface area contributed by atoms with Crippen LogP contribution in [0.2, 0.25) is 0 Å². The molecule has 0 bridgehead atoms. The molecule has 1 unspecified atom stereocenters. The van der Waals surface area contributed by atoms with Gasteiger partial charge < -0.3 is 9.52 Å². The summed E-state index contributed by atoms with van der Waals surface area (Å²) in [6.07, 6.45) is 0. The van der Waals surface area contributed by atoms with E-state index in [1.54, 1.807) is 36.4 Å². The first-order chi connectivity index (χ1) is 17.1. The molecule has 1 N–H and O–H groups in total. The fourth-order valence-electron chi connectivity index (χ4n) is 4.17. The summed E-state index contributed by atoms with van der Waals surface area (Å²) < 4.78 is 6.66. The highest BCUT2D eigenvalue weighted by Crippen LogP contribution is 2.43. The van der Waals surface area contributed by atoms with Crippen LogP contribution in [0, 0.1) is 0 Å². The van der Waals surface area contributed by atoms with Gasteiger partial charge in [-0.2, -0.15) is 0 Å². The summed E-state index contributed by atoms with van der Waals surface area (Å²) in [5.41, 5.74) is 2.16. The molecule has 2 aromatic heterocycles. The zero-order valence-corrected chi connectivity index (χ0v) is 19.8. The van der Waals surface area contributed by atoms with Crippen LogP contribution in [-0.4, -0.2) is 21.2 Å². The van der Waals surface area contributed by atoms with Crippen LogP contribution in [0.1, 0.15) is 33.3 Å². The van der Waals surface area contributed by atoms with Crippen LogP contribution in [0.5, 0.6) is 5.75 Å². The predicted molar refractivity (Wildman–Crippen MR) is 135 cm³/mol. The minimum Gasteiger partial charge on any atom is -0.508 e. The smallest absolute Gasteiger partial charge is 0.297 e. The normalized spacial score (nSPS) is 15.0. The van der Waals surface area contributed by atoms with Gasteiger partial charge in [-0.25, -0.2) is 0 Å². The van der Waals surface area contributed by atoms with Crippen molar-refractivity contribution in [3.05, 3.63) is 112 Å². The molecular formula is C26H17N3O4S2. The van der Waals surface area contributed by atoms with Crippen LogP contribution in [-0.2, 0) is 5.75 Å². The molecule has 0 saturated carbocycles. The lowest BCUT2D eigenvalue weighted by atomic mass is 9.98. The van der Waals surface area contributed by atoms with Gasteiger partial charge >= 0.3 is 0 Å². The van der Waals surface area contributed by atoms with Gasteiger partial charge in [0.25, 0.3) is 5.91 Å². The van der Waals surface area contributed by atoms with Crippen molar-refractivity contribution in [1.82, 2.24) is 10.2 Å². The Kier molecular flexibility index (Phi) is 5.35. The monoisotopic (exact) mass is 499 g/mol. The van der Waals surface area contributed by atoms with Gasteiger partial charge in [-0.05, 0) is 35.4 Å². The highest BCUT2D eigenvalue weighted by atomic mass is 32.2. The van der Waals surface area contributed by atoms with E-state index >= 15 is 0 Å². The van der Waals surface area contributed by atoms with Crippen LogP contribution in [0.25, 0.3) is 11.0 Å². The first-order valence-electron chi connectivity index (χ1n) is 10.8. The summed E-state index contributed by atoms with van der Waals surface area (Å²) in [6.45, 7) is 0. The van der Waals surface area contributed by atoms with Gasteiger partial charge in [0.05, 0.1) is 17.0 Å². The number of fused-ring (bicyclic) bond motifs is 2. The first kappa shape index (κ1) is 21.6. The largest absolute Gasteiger partial charge is 0.508 e. The van der Waals surface area contributed by atoms with E-state index in [0.717, 1.165) is 11.3 Å². The minimum absolute atomic E-state index is 0.000429. The van der Waals surface area contributed by atoms with Crippen molar-refractivity contribution < 1.29 is 14.3 Å². The van der Waals surface area contributed by atoms with E-state index in [0.29, 0.717) is 26.0 Å². The predicted octanol–water partition coefficient (Wildman–Crippen LogP) is 5.39. The van der Waals surface area contributed by atoms with Gasteiger partial charge in [0.1, 0.15) is 11.3 Å². The molecule has 0 radical (unpaired) electrons. The Morgan fingerprint density at radius 1 is 0.943 bits per heavy atom. The van der Waals surface area contributed by atoms with E-state index in [2.05, 4.69) is 10.2 Å². The van der Waals surface area contributed by atoms with E-state index in [-0.39, 0.29) is 22.5 Å². The number of aromatic nitrogens is 2. The maximum Gasteiger partial charge on any atom is 0.297 e. The molecule has 7 nitrogen and oxygen atoms in total. The molecule has 5 aromatic rings. The number of phenolic OH excluding ortho intramolecular Hbond substituents is 1. The van der Waals surface area contributed by atoms with Gasteiger partial charge in [0.15, 0.2) is 9.77 Å². The second-order valence-electron chi connectivity index (χ2n) is 7.96. The zero-order chi connectivity index (χ0) is 23.9. The molecule has 3 heterocycles. The maximum absolute atomic E-state index is 13.6. The number of para-hydroxylation sites is 1. The highest BCUT2D eigenvalue weighted by Gasteiger charge is 2.45. The quantitative estimate of drug-likeness (QED) is 0.256. The lowest BCUT2D eigenvalue weighted by Gasteiger charge is -2.22. The molecule has 0 spiro atoms. The third-order valence-corrected chi connectivity index (χ3v) is 7.92. The van der Waals surface area contributed by atoms with Crippen LogP contribution in [0.4, 0.5) is 5.13 Å². The lowest BCUT2D eigenvalue weighted by Crippen LogP contribution is -2.29. The van der Waals surface area contributed by atoms with Crippen LogP contribution < -0.4 is 10.3 Å². The van der Waals surface area contributed by atoms with Crippen molar-refractivity contribution in [3.8, 4) is 5.75 Å². The Bertz CT molecular complexity index is 1610. The fourth-order valence-corrected chi connectivity index (χ4v) is 5.99. The first-order valence-corrected chi connectivity index (χ1v) is 12.6. The highest BCUT2D eigenvalue weighted by molar-refractivity contribution is 8.00. The topological polar surface area (TPSA) is 96.5 Å². The van der Waals surface area contributed by atoms with E-state index in [4.69, 9.17) is 4.42 Å². The molecule has 1 aliphatic rings. The van der Waals surface area contributed by atoms with Crippen molar-refractivity contribution in [2.75, 3.05) is 4.90 Å². The third kappa shape index (κ3) is 3.78. The Hall–Kier alpha value is -3.95. The van der Waals surface area contributed by atoms with Crippen molar-refractivity contribution >= 4 is 45.1 Å². The number of nitrogens with zero attached hydrogens (tertiary/aromatic N) is 3. The lowest BCUT2D eigenvalue weighted by molar-refractivity contribution is 0.0970. The summed E-state index contributed by atoms with van der Waals surface area (Å²) in [5.74, 6) is 0.360. The number of rotatable bonds is 5. The van der Waals surface area contributed by atoms with Crippen LogP contribution in [0.15, 0.2) is 92.4 Å². The van der Waals surface area contributed by atoms with Gasteiger partial charge in [-0.3, -0.25) is 14.5 Å². The molecule has 1 amide bonds. The molecule has 3 aromatic carbocycles. The van der Waals surface area contributed by atoms with E-state index in [1.165, 1.54) is 40.1 Å². The number of thioether (sulfide) groups is 1. The fraction of sp³-hybridized carbons (Fsp3) is 0.0769. The molecule has 9 heteroatoms. The van der Waals surface area contributed by atoms with Gasteiger partial charge in [0, 0.05) is 5.75 Å². The molecule has 172 valence electrons. The summed E-state index contributed by atoms with van der Waals surface area (Å²) in [4.78, 5) is 28.6. The second kappa shape index (κ2) is 8.68. The van der Waals surface area contributed by atoms with Gasteiger partial charge in [-0.1, -0.05) is 77.7 Å². The van der Waals surface area contributed by atoms with Crippen molar-refractivity contribution in [2.24, 2.45) is 0 Å². The number of amides is 1. The SMILES string of the molecule is O=C1c2oc3ccccc3c(=O)c2C(c2ccc(O)cc2)N1c1nnc(SCc2ccccc2)s1. The molecule has 0 aliphatic carbocycles. The average Bonchev–Trinajstić information content (AvgIpc) is 3.47. The zero-order valence-electron chi connectivity index (χ0n) is 18.1. The number of carbonyl (C=O) groups excluding carboxylic acids is 1. The molecule has 35 heavy (non-hydrogen) atoms. The number of carbonyl (C=O) groups is 1. The molecule has 6 rings (SSSR count). The van der Waals surface area contributed by atoms with Crippen molar-refractivity contribution in [3.63, 3.8) is 0 Å². The number of aromatic hydroxyl groups is 1. The van der Waals surface area contributed by atoms with E-state index in [1.807, 2.05) is 30.3 Å². The summed E-state index contributed by atoms with van der Waals surface area (Å²) >= 11 is 2.82. The second-order valence-corrected chi connectivity index (χ2v) is 10.1. The summed E-state index contributed by atoms with van der Waals surface area (Å²) in [7, 11) is 0. The maximum atomic E-state index is 13.6. The van der Waals surface area contributed by atoms with Crippen molar-refractivity contribution in [2.45, 2.75) is 16.1 Å². The van der Waals surface area contributed by atoms with E-state index in [9.17, 15) is 14.7 Å². The van der Waals surface area contributed by atoms with Crippen LogP contribution >= 0.6 is 23.1 Å². The van der Waals surface area contributed by atoms with Gasteiger partial charge in [0.2, 0.25) is 10.9 Å². The summed E-state index contributed by atoms with van der Waals surface area (Å²) in [6, 6.07) is 22.6. The van der Waals surface area contributed by atoms with E-state index < -0.39 is 11.9 Å². The Labute approximate surface area is 207 Å². The number of hydrogen-bond donors (Lipinski definition) is 1. The number of phenols is 1. The van der Waals surface area contributed by atoms with Crippen LogP contribution in [0.3, 0.4) is 0 Å². The third-order valence-electron chi connectivity index (χ3n) is 5.79. The number of benzene rings is 3. The van der Waals surface area contributed by atoms with Gasteiger partial charge in [-0.15, -0.1) is 10.2 Å². The summed E-state index contributed by atoms with van der Waals surface area (Å²) in [5, 5.41) is 19.2. The van der Waals surface area contributed by atoms with Crippen molar-refractivity contribution in [1.29, 1.82) is 0 Å². The molecule has 1 aliphatic heterocycles. The Morgan fingerprint density at radius 2 is 1.69 bits per heavy atom. The Morgan fingerprint density at radius 3 is 2.49 bits per heavy atom. The molecular weight excluding hydrogens is 482 g/mol. The Balaban J connectivity index is 1.44. The molecule has 0 fully saturated rings. The number of hydrogen-bond acceptors (Lipinski definition) is 8.